The van der Waals surface area contributed by atoms with E-state index in [4.69, 9.17) is 9.47 Å². The number of hydrogen-bond acceptors (Lipinski definition) is 4. The monoisotopic (exact) mass is 231 g/mol. The van der Waals surface area contributed by atoms with Crippen molar-refractivity contribution >= 4 is 5.97 Å². The SMILES string of the molecule is CCCC(COC)NCC(C)C(=O)OCC. The zero-order valence-corrected chi connectivity index (χ0v) is 10.9. The number of carbonyl (C=O) groups is 1. The van der Waals surface area contributed by atoms with Crippen LogP contribution in [0.2, 0.25) is 0 Å². The van der Waals surface area contributed by atoms with Gasteiger partial charge in [-0.3, -0.25) is 4.79 Å². The Morgan fingerprint density at radius 2 is 2.06 bits per heavy atom. The molecule has 4 nitrogen and oxygen atoms in total. The highest BCUT2D eigenvalue weighted by atomic mass is 16.5. The van der Waals surface area contributed by atoms with Crippen LogP contribution in [0.25, 0.3) is 0 Å². The number of rotatable bonds is 9. The van der Waals surface area contributed by atoms with Gasteiger partial charge in [0, 0.05) is 19.7 Å². The molecule has 0 saturated heterocycles. The van der Waals surface area contributed by atoms with Crippen molar-refractivity contribution in [2.45, 2.75) is 39.7 Å². The van der Waals surface area contributed by atoms with E-state index in [2.05, 4.69) is 12.2 Å². The van der Waals surface area contributed by atoms with Gasteiger partial charge >= 0.3 is 5.97 Å². The molecule has 2 atom stereocenters. The van der Waals surface area contributed by atoms with E-state index in [1.807, 2.05) is 13.8 Å². The zero-order chi connectivity index (χ0) is 12.4. The molecule has 0 spiro atoms. The molecule has 0 radical (unpaired) electrons. The van der Waals surface area contributed by atoms with Crippen molar-refractivity contribution < 1.29 is 14.3 Å². The molecular weight excluding hydrogens is 206 g/mol. The zero-order valence-electron chi connectivity index (χ0n) is 10.9. The van der Waals surface area contributed by atoms with E-state index in [1.54, 1.807) is 7.11 Å². The summed E-state index contributed by atoms with van der Waals surface area (Å²) in [6.07, 6.45) is 2.16. The van der Waals surface area contributed by atoms with Gasteiger partial charge in [0.05, 0.1) is 19.1 Å². The van der Waals surface area contributed by atoms with E-state index in [0.717, 1.165) is 12.8 Å². The van der Waals surface area contributed by atoms with Gasteiger partial charge in [0.25, 0.3) is 0 Å². The van der Waals surface area contributed by atoms with Gasteiger partial charge in [-0.2, -0.15) is 0 Å². The average molecular weight is 231 g/mol. The first-order valence-corrected chi connectivity index (χ1v) is 6.04. The first kappa shape index (κ1) is 15.4. The molecule has 0 bridgehead atoms. The van der Waals surface area contributed by atoms with E-state index < -0.39 is 0 Å². The Balaban J connectivity index is 3.84. The van der Waals surface area contributed by atoms with Crippen LogP contribution in [0.4, 0.5) is 0 Å². The summed E-state index contributed by atoms with van der Waals surface area (Å²) >= 11 is 0. The Morgan fingerprint density at radius 3 is 2.56 bits per heavy atom. The summed E-state index contributed by atoms with van der Waals surface area (Å²) in [5.74, 6) is -0.237. The smallest absolute Gasteiger partial charge is 0.309 e. The fourth-order valence-electron chi connectivity index (χ4n) is 1.51. The molecule has 0 aliphatic carbocycles. The van der Waals surface area contributed by atoms with Gasteiger partial charge in [-0.1, -0.05) is 20.3 Å². The highest BCUT2D eigenvalue weighted by Crippen LogP contribution is 2.01. The molecule has 16 heavy (non-hydrogen) atoms. The van der Waals surface area contributed by atoms with E-state index in [9.17, 15) is 4.79 Å². The van der Waals surface area contributed by atoms with Gasteiger partial charge in [-0.15, -0.1) is 0 Å². The first-order chi connectivity index (χ1) is 7.65. The summed E-state index contributed by atoms with van der Waals surface area (Å²) in [6, 6.07) is 0.326. The van der Waals surface area contributed by atoms with Crippen molar-refractivity contribution in [2.24, 2.45) is 5.92 Å². The van der Waals surface area contributed by atoms with Crippen molar-refractivity contribution in [1.29, 1.82) is 0 Å². The predicted octanol–water partition coefficient (Wildman–Crippen LogP) is 1.59. The van der Waals surface area contributed by atoms with Gasteiger partial charge in [0.15, 0.2) is 0 Å². The number of hydrogen-bond donors (Lipinski definition) is 1. The molecule has 1 N–H and O–H groups in total. The minimum Gasteiger partial charge on any atom is -0.466 e. The van der Waals surface area contributed by atoms with E-state index in [1.165, 1.54) is 0 Å². The minimum atomic E-state index is -0.136. The maximum atomic E-state index is 11.4. The summed E-state index contributed by atoms with van der Waals surface area (Å²) in [5.41, 5.74) is 0. The summed E-state index contributed by atoms with van der Waals surface area (Å²) in [4.78, 5) is 11.4. The van der Waals surface area contributed by atoms with Crippen LogP contribution < -0.4 is 5.32 Å². The molecule has 0 aromatic rings. The lowest BCUT2D eigenvalue weighted by Crippen LogP contribution is -2.38. The van der Waals surface area contributed by atoms with Crippen molar-refractivity contribution in [3.8, 4) is 0 Å². The average Bonchev–Trinajstić information content (AvgIpc) is 2.26. The minimum absolute atomic E-state index is 0.101. The Morgan fingerprint density at radius 1 is 1.38 bits per heavy atom. The topological polar surface area (TPSA) is 47.6 Å². The molecule has 0 aromatic carbocycles. The van der Waals surface area contributed by atoms with Crippen LogP contribution in [0.5, 0.6) is 0 Å². The Kier molecular flexibility index (Phi) is 9.24. The molecule has 0 rings (SSSR count). The standard InChI is InChI=1S/C12H25NO3/c1-5-7-11(9-15-4)13-8-10(3)12(14)16-6-2/h10-11,13H,5-9H2,1-4H3. The second kappa shape index (κ2) is 9.60. The molecular formula is C12H25NO3. The third-order valence-corrected chi connectivity index (χ3v) is 2.41. The maximum absolute atomic E-state index is 11.4. The number of nitrogens with one attached hydrogen (secondary N) is 1. The third kappa shape index (κ3) is 6.80. The van der Waals surface area contributed by atoms with Gasteiger partial charge < -0.3 is 14.8 Å². The van der Waals surface area contributed by atoms with Crippen LogP contribution in [0, 0.1) is 5.92 Å². The number of ether oxygens (including phenoxy) is 2. The Hall–Kier alpha value is -0.610. The normalized spacial score (nSPS) is 14.5. The number of esters is 1. The molecule has 96 valence electrons. The summed E-state index contributed by atoms with van der Waals surface area (Å²) in [6.45, 7) is 7.61. The first-order valence-electron chi connectivity index (χ1n) is 6.04. The van der Waals surface area contributed by atoms with Crippen LogP contribution in [0.3, 0.4) is 0 Å². The summed E-state index contributed by atoms with van der Waals surface area (Å²) in [5, 5.41) is 3.33. The van der Waals surface area contributed by atoms with Crippen LogP contribution >= 0.6 is 0 Å². The summed E-state index contributed by atoms with van der Waals surface area (Å²) < 4.78 is 10.1. The molecule has 2 unspecified atom stereocenters. The molecule has 0 aromatic heterocycles. The van der Waals surface area contributed by atoms with Crippen molar-refractivity contribution in [3.63, 3.8) is 0 Å². The fourth-order valence-corrected chi connectivity index (χ4v) is 1.51. The van der Waals surface area contributed by atoms with Crippen molar-refractivity contribution in [3.05, 3.63) is 0 Å². The molecule has 0 aliphatic heterocycles. The predicted molar refractivity (Wildman–Crippen MR) is 64.4 cm³/mol. The van der Waals surface area contributed by atoms with Gasteiger partial charge in [0.2, 0.25) is 0 Å². The van der Waals surface area contributed by atoms with E-state index in [0.29, 0.717) is 25.8 Å². The molecule has 0 fully saturated rings. The number of carbonyl (C=O) groups excluding carboxylic acids is 1. The van der Waals surface area contributed by atoms with Gasteiger partial charge in [-0.05, 0) is 13.3 Å². The molecule has 0 aliphatic rings. The van der Waals surface area contributed by atoms with Gasteiger partial charge in [-0.25, -0.2) is 0 Å². The van der Waals surface area contributed by atoms with Crippen molar-refractivity contribution in [2.75, 3.05) is 26.9 Å². The van der Waals surface area contributed by atoms with Gasteiger partial charge in [0.1, 0.15) is 0 Å². The highest BCUT2D eigenvalue weighted by Gasteiger charge is 2.15. The van der Waals surface area contributed by atoms with E-state index in [-0.39, 0.29) is 11.9 Å². The quantitative estimate of drug-likeness (QED) is 0.612. The maximum Gasteiger partial charge on any atom is 0.309 e. The third-order valence-electron chi connectivity index (χ3n) is 2.41. The van der Waals surface area contributed by atoms with Crippen molar-refractivity contribution in [1.82, 2.24) is 5.32 Å². The molecule has 0 saturated carbocycles. The lowest BCUT2D eigenvalue weighted by Gasteiger charge is -2.19. The second-order valence-corrected chi connectivity index (χ2v) is 4.00. The Bertz CT molecular complexity index is 179. The van der Waals surface area contributed by atoms with E-state index >= 15 is 0 Å². The lowest BCUT2D eigenvalue weighted by atomic mass is 10.1. The molecule has 4 heteroatoms. The van der Waals surface area contributed by atoms with Crippen LogP contribution in [0.1, 0.15) is 33.6 Å². The molecule has 0 amide bonds. The van der Waals surface area contributed by atoms with Crippen LogP contribution in [-0.2, 0) is 14.3 Å². The Labute approximate surface area is 98.7 Å². The number of methoxy groups -OCH3 is 1. The van der Waals surface area contributed by atoms with Crippen LogP contribution in [0.15, 0.2) is 0 Å². The largest absolute Gasteiger partial charge is 0.466 e. The molecule has 0 heterocycles. The summed E-state index contributed by atoms with van der Waals surface area (Å²) in [7, 11) is 1.69. The fraction of sp³-hybridized carbons (Fsp3) is 0.917. The van der Waals surface area contributed by atoms with Crippen LogP contribution in [-0.4, -0.2) is 38.9 Å². The highest BCUT2D eigenvalue weighted by molar-refractivity contribution is 5.72. The lowest BCUT2D eigenvalue weighted by molar-refractivity contribution is -0.147. The second-order valence-electron chi connectivity index (χ2n) is 4.00.